The van der Waals surface area contributed by atoms with E-state index >= 15 is 0 Å². The number of nitrogens with two attached hydrogens (primary N) is 1. The largest absolute Gasteiger partial charge is 0.409 e. The van der Waals surface area contributed by atoms with Crippen molar-refractivity contribution in [3.05, 3.63) is 71.4 Å². The van der Waals surface area contributed by atoms with Crippen molar-refractivity contribution < 1.29 is 5.21 Å². The van der Waals surface area contributed by atoms with Gasteiger partial charge in [-0.3, -0.25) is 4.68 Å². The van der Waals surface area contributed by atoms with Crippen LogP contribution in [0.2, 0.25) is 5.02 Å². The molecule has 0 saturated heterocycles. The van der Waals surface area contributed by atoms with Crippen LogP contribution in [-0.4, -0.2) is 30.4 Å². The smallest absolute Gasteiger partial charge is 0.170 e. The van der Waals surface area contributed by atoms with Crippen LogP contribution in [0.5, 0.6) is 0 Å². The molecule has 0 bridgehead atoms. The molecule has 0 fully saturated rings. The van der Waals surface area contributed by atoms with E-state index in [2.05, 4.69) is 10.3 Å². The predicted octanol–water partition coefficient (Wildman–Crippen LogP) is 4.87. The Labute approximate surface area is 189 Å². The van der Waals surface area contributed by atoms with Gasteiger partial charge < -0.3 is 15.5 Å². The minimum Gasteiger partial charge on any atom is -0.409 e. The molecule has 0 aliphatic carbocycles. The quantitative estimate of drug-likeness (QED) is 0.188. The molecule has 9 heteroatoms. The Bertz CT molecular complexity index is 1230. The van der Waals surface area contributed by atoms with Crippen molar-refractivity contribution in [3.63, 3.8) is 0 Å². The second kappa shape index (κ2) is 8.87. The minimum absolute atomic E-state index is 0.0640. The Morgan fingerprint density at radius 1 is 1.13 bits per heavy atom. The first-order chi connectivity index (χ1) is 15.0. The van der Waals surface area contributed by atoms with Crippen LogP contribution in [0.15, 0.2) is 75.9 Å². The van der Waals surface area contributed by atoms with Crippen LogP contribution in [0.4, 0.5) is 0 Å². The molecule has 0 atom stereocenters. The maximum atomic E-state index is 8.92. The van der Waals surface area contributed by atoms with Gasteiger partial charge in [0.05, 0.1) is 0 Å². The number of rotatable bonds is 6. The molecule has 2 aromatic carbocycles. The highest BCUT2D eigenvalue weighted by atomic mass is 35.5. The monoisotopic (exact) mass is 452 g/mol. The number of aryl methyl sites for hydroxylation is 1. The normalized spacial score (nSPS) is 11.8. The SMILES string of the molecule is CCn1ccc(-c2nc(-c3ccc(/C(N)=N\O)cc3)c(Sc3ccc(Cl)cc3)n2C)n1. The van der Waals surface area contributed by atoms with Crippen molar-refractivity contribution in [2.24, 2.45) is 17.9 Å². The molecule has 31 heavy (non-hydrogen) atoms. The molecule has 3 N–H and O–H groups in total. The summed E-state index contributed by atoms with van der Waals surface area (Å²) in [6, 6.07) is 17.1. The first kappa shape index (κ1) is 21.0. The lowest BCUT2D eigenvalue weighted by Gasteiger charge is -2.08. The first-order valence-corrected chi connectivity index (χ1v) is 10.8. The Kier molecular flexibility index (Phi) is 6.01. The lowest BCUT2D eigenvalue weighted by Crippen LogP contribution is -2.12. The molecule has 0 aliphatic rings. The van der Waals surface area contributed by atoms with Gasteiger partial charge in [-0.1, -0.05) is 52.8 Å². The highest BCUT2D eigenvalue weighted by Gasteiger charge is 2.20. The third-order valence-corrected chi connectivity index (χ3v) is 6.25. The Balaban J connectivity index is 1.81. The van der Waals surface area contributed by atoms with Gasteiger partial charge in [0.15, 0.2) is 11.7 Å². The topological polar surface area (TPSA) is 94.3 Å². The second-order valence-electron chi connectivity index (χ2n) is 6.82. The average molecular weight is 453 g/mol. The second-order valence-corrected chi connectivity index (χ2v) is 8.32. The Hall–Kier alpha value is -3.23. The number of benzene rings is 2. The van der Waals surface area contributed by atoms with Gasteiger partial charge in [0.2, 0.25) is 0 Å². The predicted molar refractivity (Wildman–Crippen MR) is 124 cm³/mol. The van der Waals surface area contributed by atoms with Crippen LogP contribution in [0, 0.1) is 0 Å². The fraction of sp³-hybridized carbons (Fsp3) is 0.136. The number of oxime groups is 1. The molecule has 0 spiro atoms. The fourth-order valence-electron chi connectivity index (χ4n) is 3.15. The molecule has 0 aliphatic heterocycles. The summed E-state index contributed by atoms with van der Waals surface area (Å²) in [6.45, 7) is 2.84. The van der Waals surface area contributed by atoms with Crippen LogP contribution >= 0.6 is 23.4 Å². The average Bonchev–Trinajstić information content (AvgIpc) is 3.40. The molecule has 0 unspecified atom stereocenters. The number of hydrogen-bond acceptors (Lipinski definition) is 5. The van der Waals surface area contributed by atoms with E-state index in [1.165, 1.54) is 0 Å². The lowest BCUT2D eigenvalue weighted by atomic mass is 10.1. The van der Waals surface area contributed by atoms with Crippen LogP contribution in [-0.2, 0) is 13.6 Å². The van der Waals surface area contributed by atoms with Gasteiger partial charge in [0.25, 0.3) is 0 Å². The summed E-state index contributed by atoms with van der Waals surface area (Å²) in [5.74, 6) is 0.841. The van der Waals surface area contributed by atoms with E-state index in [4.69, 9.17) is 27.5 Å². The summed E-state index contributed by atoms with van der Waals surface area (Å²) >= 11 is 7.66. The zero-order chi connectivity index (χ0) is 22.0. The van der Waals surface area contributed by atoms with Crippen molar-refractivity contribution in [1.29, 1.82) is 0 Å². The minimum atomic E-state index is 0.0640. The van der Waals surface area contributed by atoms with E-state index < -0.39 is 0 Å². The number of hydrogen-bond donors (Lipinski definition) is 2. The van der Waals surface area contributed by atoms with Crippen LogP contribution < -0.4 is 5.73 Å². The molecule has 2 aromatic heterocycles. The fourth-order valence-corrected chi connectivity index (χ4v) is 4.25. The molecule has 0 saturated carbocycles. The zero-order valence-electron chi connectivity index (χ0n) is 17.0. The molecular weight excluding hydrogens is 432 g/mol. The molecule has 0 amide bonds. The standard InChI is InChI=1S/C22H21ClN6OS/c1-3-29-13-12-18(26-29)21-25-19(14-4-6-15(7-5-14)20(24)27-30)22(28(21)2)31-17-10-8-16(23)9-11-17/h4-13,30H,3H2,1-2H3,(H2,24,27). The summed E-state index contributed by atoms with van der Waals surface area (Å²) < 4.78 is 3.93. The Morgan fingerprint density at radius 3 is 2.45 bits per heavy atom. The molecule has 2 heterocycles. The third kappa shape index (κ3) is 4.30. The van der Waals surface area contributed by atoms with Gasteiger partial charge in [-0.2, -0.15) is 5.10 Å². The van der Waals surface area contributed by atoms with Gasteiger partial charge in [-0.15, -0.1) is 0 Å². The van der Waals surface area contributed by atoms with E-state index in [-0.39, 0.29) is 5.84 Å². The Morgan fingerprint density at radius 2 is 1.84 bits per heavy atom. The molecule has 4 rings (SSSR count). The summed E-state index contributed by atoms with van der Waals surface area (Å²) in [5, 5.41) is 18.3. The first-order valence-electron chi connectivity index (χ1n) is 9.62. The van der Waals surface area contributed by atoms with Gasteiger partial charge in [-0.25, -0.2) is 4.98 Å². The summed E-state index contributed by atoms with van der Waals surface area (Å²) in [6.07, 6.45) is 1.95. The van der Waals surface area contributed by atoms with Crippen molar-refractivity contribution >= 4 is 29.2 Å². The summed E-state index contributed by atoms with van der Waals surface area (Å²) in [7, 11) is 1.99. The highest BCUT2D eigenvalue weighted by molar-refractivity contribution is 7.99. The van der Waals surface area contributed by atoms with Gasteiger partial charge in [0.1, 0.15) is 16.4 Å². The van der Waals surface area contributed by atoms with Crippen LogP contribution in [0.1, 0.15) is 12.5 Å². The van der Waals surface area contributed by atoms with Crippen LogP contribution in [0.25, 0.3) is 22.8 Å². The van der Waals surface area contributed by atoms with E-state index in [9.17, 15) is 0 Å². The third-order valence-electron chi connectivity index (χ3n) is 4.83. The molecule has 0 radical (unpaired) electrons. The van der Waals surface area contributed by atoms with Gasteiger partial charge >= 0.3 is 0 Å². The van der Waals surface area contributed by atoms with Crippen molar-refractivity contribution in [2.75, 3.05) is 0 Å². The maximum absolute atomic E-state index is 8.92. The van der Waals surface area contributed by atoms with Crippen molar-refractivity contribution in [3.8, 4) is 22.8 Å². The number of imidazole rings is 1. The number of nitrogens with zero attached hydrogens (tertiary/aromatic N) is 5. The van der Waals surface area contributed by atoms with Crippen LogP contribution in [0.3, 0.4) is 0 Å². The van der Waals surface area contributed by atoms with Gasteiger partial charge in [0, 0.05) is 40.8 Å². The number of aromatic nitrogens is 4. The van der Waals surface area contributed by atoms with Crippen molar-refractivity contribution in [2.45, 2.75) is 23.4 Å². The summed E-state index contributed by atoms with van der Waals surface area (Å²) in [4.78, 5) is 5.98. The van der Waals surface area contributed by atoms with E-state index in [0.717, 1.165) is 39.2 Å². The highest BCUT2D eigenvalue weighted by Crippen LogP contribution is 2.38. The molecule has 7 nitrogen and oxygen atoms in total. The zero-order valence-corrected chi connectivity index (χ0v) is 18.6. The molecular formula is C22H21ClN6OS. The van der Waals surface area contributed by atoms with E-state index in [1.54, 1.807) is 23.9 Å². The molecule has 158 valence electrons. The van der Waals surface area contributed by atoms with Gasteiger partial charge in [-0.05, 0) is 37.3 Å². The number of amidine groups is 1. The van der Waals surface area contributed by atoms with Crippen molar-refractivity contribution in [1.82, 2.24) is 19.3 Å². The van der Waals surface area contributed by atoms with E-state index in [0.29, 0.717) is 10.6 Å². The summed E-state index contributed by atoms with van der Waals surface area (Å²) in [5.41, 5.74) is 8.89. The molecule has 4 aromatic rings. The maximum Gasteiger partial charge on any atom is 0.170 e. The number of halogens is 1. The lowest BCUT2D eigenvalue weighted by molar-refractivity contribution is 0.318. The van der Waals surface area contributed by atoms with E-state index in [1.807, 2.05) is 71.9 Å².